The highest BCUT2D eigenvalue weighted by Crippen LogP contribution is 2.43. The number of carbonyl (C=O) groups excluding carboxylic acids is 4. The van der Waals surface area contributed by atoms with Gasteiger partial charge in [0.2, 0.25) is 0 Å². The quantitative estimate of drug-likeness (QED) is 0.192. The molecule has 8 rings (SSSR count). The van der Waals surface area contributed by atoms with Gasteiger partial charge in [0.15, 0.2) is 0 Å². The van der Waals surface area contributed by atoms with Crippen LogP contribution in [0.15, 0.2) is 60.9 Å². The Morgan fingerprint density at radius 1 is 0.500 bits per heavy atom. The van der Waals surface area contributed by atoms with Crippen LogP contribution in [0.4, 0.5) is 0 Å². The molecule has 4 fully saturated rings. The zero-order valence-electron chi connectivity index (χ0n) is 38.5. The average molecular weight is 843 g/mol. The summed E-state index contributed by atoms with van der Waals surface area (Å²) in [6.45, 7) is 21.8. The highest BCUT2D eigenvalue weighted by Gasteiger charge is 2.51. The monoisotopic (exact) mass is 843 g/mol. The summed E-state index contributed by atoms with van der Waals surface area (Å²) < 4.78 is 0. The van der Waals surface area contributed by atoms with Gasteiger partial charge in [-0.15, -0.1) is 0 Å². The van der Waals surface area contributed by atoms with Crippen LogP contribution in [0.25, 0.3) is 33.6 Å². The fourth-order valence-corrected chi connectivity index (χ4v) is 11.7. The molecule has 2 aromatic carbocycles. The number of nitrogens with zero attached hydrogens (tertiary/aromatic N) is 6. The van der Waals surface area contributed by atoms with Crippen LogP contribution in [-0.4, -0.2) is 98.4 Å². The second-order valence-electron chi connectivity index (χ2n) is 21.2. The number of amides is 4. The number of rotatable bonds is 5. The maximum atomic E-state index is 14.0. The lowest BCUT2D eigenvalue weighted by molar-refractivity contribution is -0.164. The molecule has 0 aliphatic carbocycles. The number of imidazole rings is 2. The second-order valence-corrected chi connectivity index (χ2v) is 21.2. The molecular formula is C50H66N8O4. The number of aromatic nitrogens is 4. The molecule has 0 bridgehead atoms. The number of hydrogen-bond acceptors (Lipinski definition) is 6. The molecule has 4 aliphatic heterocycles. The molecule has 4 amide bonds. The second kappa shape index (κ2) is 15.8. The summed E-state index contributed by atoms with van der Waals surface area (Å²) in [6, 6.07) is 16.0. The molecule has 2 unspecified atom stereocenters. The number of carbonyl (C=O) groups is 4. The van der Waals surface area contributed by atoms with E-state index < -0.39 is 45.8 Å². The van der Waals surface area contributed by atoms with E-state index in [4.69, 9.17) is 9.97 Å². The Balaban J connectivity index is 0.937. The Kier molecular flexibility index (Phi) is 11.1. The van der Waals surface area contributed by atoms with Crippen LogP contribution in [-0.2, 0) is 19.2 Å². The van der Waals surface area contributed by atoms with Crippen LogP contribution in [0.2, 0.25) is 0 Å². The standard InChI is InChI=1S/C50H66N8O4/c1-31-21-27-55(43(59)45(61)57-47(3,4)23-11-24-48(57,5)6)39(31)41-51-29-37(53-41)35-17-13-33(14-18-35)34-15-19-36(20-16-34)38-30-52-42(54-38)40-32(2)22-28-56(40)44(60)46(62)58-49(7,8)25-12-26-50(58,9)10/h13-20,29-32,39-40H,11-12,21-28H2,1-10H3,(H,51,53)(H,52,54)/t31-,32-,39?,40?/m0/s1. The molecule has 4 atom stereocenters. The Morgan fingerprint density at radius 2 is 0.806 bits per heavy atom. The van der Waals surface area contributed by atoms with Gasteiger partial charge in [0.05, 0.1) is 35.9 Å². The van der Waals surface area contributed by atoms with Crippen molar-refractivity contribution in [3.63, 3.8) is 0 Å². The molecule has 0 radical (unpaired) electrons. The Morgan fingerprint density at radius 3 is 1.13 bits per heavy atom. The summed E-state index contributed by atoms with van der Waals surface area (Å²) in [6.07, 6.45) is 10.8. The number of piperidine rings is 2. The number of benzene rings is 2. The van der Waals surface area contributed by atoms with E-state index in [1.54, 1.807) is 9.80 Å². The first-order valence-electron chi connectivity index (χ1n) is 22.8. The van der Waals surface area contributed by atoms with Gasteiger partial charge in [-0.1, -0.05) is 62.4 Å². The molecule has 4 saturated heterocycles. The molecule has 2 aromatic heterocycles. The minimum atomic E-state index is -0.444. The highest BCUT2D eigenvalue weighted by atomic mass is 16.2. The van der Waals surface area contributed by atoms with E-state index in [-0.39, 0.29) is 23.9 Å². The largest absolute Gasteiger partial charge is 0.340 e. The summed E-state index contributed by atoms with van der Waals surface area (Å²) in [4.78, 5) is 79.5. The molecule has 0 saturated carbocycles. The third kappa shape index (κ3) is 7.76. The summed E-state index contributed by atoms with van der Waals surface area (Å²) in [5, 5.41) is 0. The van der Waals surface area contributed by atoms with Crippen LogP contribution in [0.1, 0.15) is 144 Å². The van der Waals surface area contributed by atoms with Gasteiger partial charge >= 0.3 is 23.6 Å². The number of hydrogen-bond donors (Lipinski definition) is 2. The number of H-pyrrole nitrogens is 2. The average Bonchev–Trinajstić information content (AvgIpc) is 4.03. The lowest BCUT2D eigenvalue weighted by Gasteiger charge is -2.52. The van der Waals surface area contributed by atoms with Crippen LogP contribution in [0.3, 0.4) is 0 Å². The van der Waals surface area contributed by atoms with Crippen LogP contribution >= 0.6 is 0 Å². The van der Waals surface area contributed by atoms with Gasteiger partial charge in [-0.3, -0.25) is 19.2 Å². The predicted molar refractivity (Wildman–Crippen MR) is 241 cm³/mol. The number of nitrogens with one attached hydrogen (secondary N) is 2. The fourth-order valence-electron chi connectivity index (χ4n) is 11.7. The van der Waals surface area contributed by atoms with Crippen molar-refractivity contribution in [3.8, 4) is 33.6 Å². The zero-order valence-corrected chi connectivity index (χ0v) is 38.5. The van der Waals surface area contributed by atoms with Crippen molar-refractivity contribution in [2.75, 3.05) is 13.1 Å². The van der Waals surface area contributed by atoms with Gasteiger partial charge in [-0.05, 0) is 141 Å². The third-order valence-corrected chi connectivity index (χ3v) is 14.7. The predicted octanol–water partition coefficient (Wildman–Crippen LogP) is 9.09. The Bertz CT molecular complexity index is 2140. The smallest absolute Gasteiger partial charge is 0.313 e. The molecule has 2 N–H and O–H groups in total. The maximum Gasteiger partial charge on any atom is 0.313 e. The molecular weight excluding hydrogens is 777 g/mol. The molecule has 0 spiro atoms. The van der Waals surface area contributed by atoms with E-state index in [2.05, 4.69) is 128 Å². The zero-order chi connectivity index (χ0) is 44.5. The summed E-state index contributed by atoms with van der Waals surface area (Å²) in [5.41, 5.74) is 4.22. The first kappa shape index (κ1) is 43.4. The van der Waals surface area contributed by atoms with Crippen molar-refractivity contribution in [1.29, 1.82) is 0 Å². The van der Waals surface area contributed by atoms with E-state index >= 15 is 0 Å². The molecule has 4 aliphatic rings. The molecule has 330 valence electrons. The number of likely N-dealkylation sites (tertiary alicyclic amines) is 4. The van der Waals surface area contributed by atoms with Crippen LogP contribution in [0.5, 0.6) is 0 Å². The van der Waals surface area contributed by atoms with Crippen molar-refractivity contribution < 1.29 is 19.2 Å². The minimum Gasteiger partial charge on any atom is -0.340 e. The van der Waals surface area contributed by atoms with Crippen LogP contribution in [0, 0.1) is 11.8 Å². The van der Waals surface area contributed by atoms with Gasteiger partial charge in [-0.2, -0.15) is 0 Å². The number of aromatic amines is 2. The van der Waals surface area contributed by atoms with Gasteiger partial charge in [0.25, 0.3) is 0 Å². The van der Waals surface area contributed by atoms with Gasteiger partial charge in [0.1, 0.15) is 11.6 Å². The molecule has 12 heteroatoms. The first-order valence-corrected chi connectivity index (χ1v) is 22.8. The summed E-state index contributed by atoms with van der Waals surface area (Å²) >= 11 is 0. The van der Waals surface area contributed by atoms with Crippen molar-refractivity contribution in [2.45, 2.75) is 155 Å². The lowest BCUT2D eigenvalue weighted by Crippen LogP contribution is -2.64. The summed E-state index contributed by atoms with van der Waals surface area (Å²) in [7, 11) is 0. The normalized spacial score (nSPS) is 25.3. The van der Waals surface area contributed by atoms with Gasteiger partial charge < -0.3 is 29.6 Å². The molecule has 4 aromatic rings. The van der Waals surface area contributed by atoms with Gasteiger partial charge in [0, 0.05) is 35.2 Å². The maximum absolute atomic E-state index is 14.0. The van der Waals surface area contributed by atoms with Crippen LogP contribution < -0.4 is 0 Å². The van der Waals surface area contributed by atoms with E-state index in [1.807, 2.05) is 22.2 Å². The fraction of sp³-hybridized carbons (Fsp3) is 0.560. The van der Waals surface area contributed by atoms with Crippen molar-refractivity contribution >= 4 is 23.6 Å². The topological polar surface area (TPSA) is 139 Å². The van der Waals surface area contributed by atoms with Crippen molar-refractivity contribution in [3.05, 3.63) is 72.6 Å². The van der Waals surface area contributed by atoms with E-state index in [0.717, 1.165) is 85.0 Å². The first-order chi connectivity index (χ1) is 29.2. The van der Waals surface area contributed by atoms with Crippen molar-refractivity contribution in [1.82, 2.24) is 39.5 Å². The lowest BCUT2D eigenvalue weighted by atomic mass is 9.79. The molecule has 12 nitrogen and oxygen atoms in total. The molecule has 6 heterocycles. The van der Waals surface area contributed by atoms with Gasteiger partial charge in [-0.25, -0.2) is 9.97 Å². The summed E-state index contributed by atoms with van der Waals surface area (Å²) in [5.74, 6) is -0.0262. The molecule has 62 heavy (non-hydrogen) atoms. The van der Waals surface area contributed by atoms with Crippen molar-refractivity contribution in [2.24, 2.45) is 11.8 Å². The SMILES string of the molecule is C[C@H]1CCN(C(=O)C(=O)N2C(C)(C)CCCC2(C)C)C1c1ncc(-c2ccc(-c3ccc(-c4cnc(C5[C@@H](C)CCN5C(=O)C(=O)N5C(C)(C)CCCC5(C)C)[nH]4)cc3)cc2)[nH]1. The Hall–Kier alpha value is -5.26. The minimum absolute atomic E-state index is 0.151. The Labute approximate surface area is 367 Å². The van der Waals surface area contributed by atoms with E-state index in [9.17, 15) is 19.2 Å². The van der Waals surface area contributed by atoms with E-state index in [0.29, 0.717) is 24.7 Å². The highest BCUT2D eigenvalue weighted by molar-refractivity contribution is 6.36. The van der Waals surface area contributed by atoms with E-state index in [1.165, 1.54) is 0 Å². The third-order valence-electron chi connectivity index (χ3n) is 14.7.